The number of nitrogens with zero attached hydrogens (tertiary/aromatic N) is 2. The van der Waals surface area contributed by atoms with Crippen molar-refractivity contribution < 1.29 is 9.53 Å². The zero-order valence-corrected chi connectivity index (χ0v) is 16.5. The van der Waals surface area contributed by atoms with Crippen molar-refractivity contribution in [2.24, 2.45) is 0 Å². The number of rotatable bonds is 8. The third-order valence-corrected chi connectivity index (χ3v) is 6.17. The summed E-state index contributed by atoms with van der Waals surface area (Å²) in [7, 11) is 0. The van der Waals surface area contributed by atoms with Crippen molar-refractivity contribution in [1.29, 1.82) is 0 Å². The lowest BCUT2D eigenvalue weighted by Gasteiger charge is -2.07. The monoisotopic (exact) mass is 403 g/mol. The summed E-state index contributed by atoms with van der Waals surface area (Å²) in [5, 5.41) is 11.0. The van der Waals surface area contributed by atoms with Crippen molar-refractivity contribution >= 4 is 46.5 Å². The van der Waals surface area contributed by atoms with Gasteiger partial charge in [-0.25, -0.2) is 0 Å². The van der Waals surface area contributed by atoms with Gasteiger partial charge in [0, 0.05) is 5.69 Å². The Morgan fingerprint density at radius 3 is 2.35 bits per heavy atom. The molecule has 1 heterocycles. The predicted octanol–water partition coefficient (Wildman–Crippen LogP) is 5.17. The highest BCUT2D eigenvalue weighted by Gasteiger charge is 2.08. The molecule has 0 fully saturated rings. The van der Waals surface area contributed by atoms with Gasteiger partial charge in [-0.15, -0.1) is 10.2 Å². The van der Waals surface area contributed by atoms with Gasteiger partial charge in [0.25, 0.3) is 0 Å². The van der Waals surface area contributed by atoms with E-state index >= 15 is 0 Å². The third-order valence-electron chi connectivity index (χ3n) is 3.10. The van der Waals surface area contributed by atoms with Crippen LogP contribution in [0, 0.1) is 0 Å². The maximum Gasteiger partial charge on any atom is 0.234 e. The average Bonchev–Trinajstić information content (AvgIpc) is 3.10. The highest BCUT2D eigenvalue weighted by molar-refractivity contribution is 8.03. The van der Waals surface area contributed by atoms with Crippen LogP contribution in [0.5, 0.6) is 11.5 Å². The van der Waals surface area contributed by atoms with E-state index in [-0.39, 0.29) is 5.91 Å². The lowest BCUT2D eigenvalue weighted by molar-refractivity contribution is -0.113. The number of hydrogen-bond donors (Lipinski definition) is 1. The first kappa shape index (κ1) is 18.8. The summed E-state index contributed by atoms with van der Waals surface area (Å²) >= 11 is 4.56. The van der Waals surface area contributed by atoms with Gasteiger partial charge in [0.15, 0.2) is 8.68 Å². The Balaban J connectivity index is 1.47. The molecule has 0 unspecified atom stereocenters. The van der Waals surface area contributed by atoms with Crippen LogP contribution in [0.4, 0.5) is 5.69 Å². The topological polar surface area (TPSA) is 64.1 Å². The Labute approximate surface area is 164 Å². The highest BCUT2D eigenvalue weighted by Crippen LogP contribution is 2.28. The van der Waals surface area contributed by atoms with Crippen molar-refractivity contribution in [3.05, 3.63) is 54.6 Å². The van der Waals surface area contributed by atoms with Gasteiger partial charge in [0.05, 0.1) is 5.75 Å². The van der Waals surface area contributed by atoms with E-state index in [2.05, 4.69) is 22.4 Å². The number of nitrogens with one attached hydrogen (secondary N) is 1. The van der Waals surface area contributed by atoms with Crippen LogP contribution in [0.15, 0.2) is 63.3 Å². The van der Waals surface area contributed by atoms with Crippen molar-refractivity contribution in [3.63, 3.8) is 0 Å². The fraction of sp³-hybridized carbons (Fsp3) is 0.167. The second kappa shape index (κ2) is 9.61. The molecule has 5 nitrogen and oxygen atoms in total. The van der Waals surface area contributed by atoms with Crippen LogP contribution >= 0.6 is 34.9 Å². The van der Waals surface area contributed by atoms with Crippen LogP contribution in [-0.2, 0) is 4.79 Å². The molecule has 0 saturated heterocycles. The smallest absolute Gasteiger partial charge is 0.234 e. The Bertz CT molecular complexity index is 838. The van der Waals surface area contributed by atoms with Gasteiger partial charge in [0.2, 0.25) is 5.91 Å². The minimum atomic E-state index is -0.0772. The van der Waals surface area contributed by atoms with Gasteiger partial charge in [-0.2, -0.15) is 0 Å². The summed E-state index contributed by atoms with van der Waals surface area (Å²) in [5.74, 6) is 2.68. The molecule has 26 heavy (non-hydrogen) atoms. The van der Waals surface area contributed by atoms with E-state index in [0.29, 0.717) is 5.75 Å². The normalized spacial score (nSPS) is 10.5. The van der Waals surface area contributed by atoms with Gasteiger partial charge < -0.3 is 10.1 Å². The molecule has 0 bridgehead atoms. The number of aromatic nitrogens is 2. The van der Waals surface area contributed by atoms with E-state index in [4.69, 9.17) is 4.74 Å². The maximum atomic E-state index is 12.1. The maximum absolute atomic E-state index is 12.1. The molecule has 1 amide bonds. The number of thioether (sulfide) groups is 2. The minimum absolute atomic E-state index is 0.0772. The summed E-state index contributed by atoms with van der Waals surface area (Å²) in [6.45, 7) is 2.07. The van der Waals surface area contributed by atoms with E-state index in [1.165, 1.54) is 23.1 Å². The van der Waals surface area contributed by atoms with Crippen molar-refractivity contribution in [1.82, 2.24) is 10.2 Å². The van der Waals surface area contributed by atoms with Gasteiger partial charge in [-0.1, -0.05) is 60.0 Å². The molecule has 0 saturated carbocycles. The van der Waals surface area contributed by atoms with Gasteiger partial charge in [-0.05, 0) is 42.2 Å². The standard InChI is InChI=1S/C18H17N3O2S3/c1-2-24-17-20-21-18(26-17)25-12-16(22)19-13-8-10-15(11-9-13)23-14-6-4-3-5-7-14/h3-11H,2,12H2,1H3,(H,19,22). The van der Waals surface area contributed by atoms with E-state index in [0.717, 1.165) is 31.6 Å². The first-order valence-electron chi connectivity index (χ1n) is 7.95. The molecule has 3 rings (SSSR count). The predicted molar refractivity (Wildman–Crippen MR) is 109 cm³/mol. The number of ether oxygens (including phenoxy) is 1. The molecular formula is C18H17N3O2S3. The average molecular weight is 404 g/mol. The Morgan fingerprint density at radius 1 is 1.00 bits per heavy atom. The molecule has 3 aromatic rings. The van der Waals surface area contributed by atoms with Crippen LogP contribution in [0.3, 0.4) is 0 Å². The largest absolute Gasteiger partial charge is 0.457 e. The number of anilines is 1. The fourth-order valence-electron chi connectivity index (χ4n) is 1.99. The quantitative estimate of drug-likeness (QED) is 0.523. The van der Waals surface area contributed by atoms with E-state index < -0.39 is 0 Å². The molecule has 0 atom stereocenters. The molecule has 0 aliphatic carbocycles. The van der Waals surface area contributed by atoms with Gasteiger partial charge in [0.1, 0.15) is 11.5 Å². The van der Waals surface area contributed by atoms with E-state index in [1.54, 1.807) is 11.8 Å². The summed E-state index contributed by atoms with van der Waals surface area (Å²) in [4.78, 5) is 12.1. The molecule has 1 N–H and O–H groups in total. The second-order valence-electron chi connectivity index (χ2n) is 5.04. The zero-order chi connectivity index (χ0) is 18.2. The summed E-state index contributed by atoms with van der Waals surface area (Å²) < 4.78 is 7.48. The van der Waals surface area contributed by atoms with E-state index in [9.17, 15) is 4.79 Å². The highest BCUT2D eigenvalue weighted by atomic mass is 32.2. The Hall–Kier alpha value is -2.03. The molecule has 0 aliphatic rings. The number of hydrogen-bond acceptors (Lipinski definition) is 7. The SMILES string of the molecule is CCSc1nnc(SCC(=O)Nc2ccc(Oc3ccccc3)cc2)s1. The minimum Gasteiger partial charge on any atom is -0.457 e. The Kier molecular flexibility index (Phi) is 6.93. The number of carbonyl (C=O) groups excluding carboxylic acids is 1. The molecule has 2 aromatic carbocycles. The lowest BCUT2D eigenvalue weighted by Crippen LogP contribution is -2.13. The molecule has 134 valence electrons. The van der Waals surface area contributed by atoms with Crippen LogP contribution in [0.2, 0.25) is 0 Å². The molecule has 0 radical (unpaired) electrons. The van der Waals surface area contributed by atoms with Gasteiger partial charge in [-0.3, -0.25) is 4.79 Å². The van der Waals surface area contributed by atoms with Crippen LogP contribution in [-0.4, -0.2) is 27.6 Å². The molecule has 1 aromatic heterocycles. The molecule has 8 heteroatoms. The number of amides is 1. The summed E-state index contributed by atoms with van der Waals surface area (Å²) in [6, 6.07) is 16.9. The van der Waals surface area contributed by atoms with Crippen LogP contribution < -0.4 is 10.1 Å². The molecular weight excluding hydrogens is 386 g/mol. The van der Waals surface area contributed by atoms with E-state index in [1.807, 2.05) is 54.6 Å². The van der Waals surface area contributed by atoms with Crippen molar-refractivity contribution in [2.75, 3.05) is 16.8 Å². The first-order chi connectivity index (χ1) is 12.7. The van der Waals surface area contributed by atoms with Crippen LogP contribution in [0.1, 0.15) is 6.92 Å². The number of benzene rings is 2. The summed E-state index contributed by atoms with van der Waals surface area (Å²) in [6.07, 6.45) is 0. The number of carbonyl (C=O) groups is 1. The third kappa shape index (κ3) is 5.76. The lowest BCUT2D eigenvalue weighted by atomic mass is 10.3. The van der Waals surface area contributed by atoms with Gasteiger partial charge >= 0.3 is 0 Å². The summed E-state index contributed by atoms with van der Waals surface area (Å²) in [5.41, 5.74) is 0.732. The first-order valence-corrected chi connectivity index (χ1v) is 10.7. The van der Waals surface area contributed by atoms with Crippen molar-refractivity contribution in [2.45, 2.75) is 15.6 Å². The van der Waals surface area contributed by atoms with Crippen LogP contribution in [0.25, 0.3) is 0 Å². The van der Waals surface area contributed by atoms with Crippen molar-refractivity contribution in [3.8, 4) is 11.5 Å². The molecule has 0 spiro atoms. The number of para-hydroxylation sites is 1. The Morgan fingerprint density at radius 2 is 1.65 bits per heavy atom. The molecule has 0 aliphatic heterocycles. The second-order valence-corrected chi connectivity index (χ2v) is 8.75. The fourth-order valence-corrected chi connectivity index (χ4v) is 4.71. The zero-order valence-electron chi connectivity index (χ0n) is 14.0.